The summed E-state index contributed by atoms with van der Waals surface area (Å²) in [4.78, 5) is 14.6. The molecule has 2 N–H and O–H groups in total. The Bertz CT molecular complexity index is 1280. The summed E-state index contributed by atoms with van der Waals surface area (Å²) in [6.07, 6.45) is 0. The molecule has 0 spiro atoms. The number of hydrogen-bond acceptors (Lipinski definition) is 5. The molecule has 4 aromatic rings. The van der Waals surface area contributed by atoms with Crippen molar-refractivity contribution in [2.75, 3.05) is 0 Å². The highest BCUT2D eigenvalue weighted by molar-refractivity contribution is 5.99. The van der Waals surface area contributed by atoms with E-state index in [1.54, 1.807) is 12.1 Å². The van der Waals surface area contributed by atoms with Crippen LogP contribution in [0, 0.1) is 0 Å². The van der Waals surface area contributed by atoms with Gasteiger partial charge in [-0.3, -0.25) is 4.79 Å². The number of benzene rings is 4. The molecule has 0 radical (unpaired) electrons. The van der Waals surface area contributed by atoms with Crippen LogP contribution in [0.4, 0.5) is 0 Å². The van der Waals surface area contributed by atoms with Gasteiger partial charge in [-0.05, 0) is 75.2 Å². The molecule has 0 aliphatic carbocycles. The molecule has 0 saturated heterocycles. The molecule has 0 atom stereocenters. The molecule has 0 heterocycles. The Kier molecular flexibility index (Phi) is 8.00. The Labute approximate surface area is 224 Å². The Morgan fingerprint density at radius 2 is 0.947 bits per heavy atom. The van der Waals surface area contributed by atoms with Gasteiger partial charge in [0.2, 0.25) is 0 Å². The lowest BCUT2D eigenvalue weighted by Gasteiger charge is -2.37. The number of aliphatic hydroxyl groups excluding tert-OH is 2. The molecule has 4 rings (SSSR count). The van der Waals surface area contributed by atoms with E-state index in [4.69, 9.17) is 9.47 Å². The maximum absolute atomic E-state index is 14.6. The molecule has 0 aliphatic heterocycles. The van der Waals surface area contributed by atoms with Crippen molar-refractivity contribution in [2.24, 2.45) is 0 Å². The highest BCUT2D eigenvalue weighted by Gasteiger charge is 2.45. The normalized spacial score (nSPS) is 11.7. The topological polar surface area (TPSA) is 76.0 Å². The number of ketones is 1. The SMILES string of the molecule is CC(C)(C(=O)C(C)(C)c1c(CO)cccc1Oc1ccccc1)c1c(CO)cccc1Oc1ccccc1. The van der Waals surface area contributed by atoms with Crippen molar-refractivity contribution in [1.82, 2.24) is 0 Å². The number of para-hydroxylation sites is 2. The molecule has 0 amide bonds. The fourth-order valence-electron chi connectivity index (χ4n) is 5.24. The monoisotopic (exact) mass is 510 g/mol. The van der Waals surface area contributed by atoms with Crippen LogP contribution < -0.4 is 9.47 Å². The van der Waals surface area contributed by atoms with Gasteiger partial charge in [0.15, 0.2) is 5.78 Å². The Balaban J connectivity index is 1.82. The van der Waals surface area contributed by atoms with Gasteiger partial charge in [-0.25, -0.2) is 0 Å². The van der Waals surface area contributed by atoms with Crippen LogP contribution in [0.3, 0.4) is 0 Å². The molecule has 196 valence electrons. The second-order valence-electron chi connectivity index (χ2n) is 10.3. The van der Waals surface area contributed by atoms with Gasteiger partial charge in [-0.15, -0.1) is 0 Å². The highest BCUT2D eigenvalue weighted by Crippen LogP contribution is 2.45. The molecule has 4 aromatic carbocycles. The number of aliphatic hydroxyl groups is 2. The van der Waals surface area contributed by atoms with Crippen molar-refractivity contribution in [3.63, 3.8) is 0 Å². The first-order valence-electron chi connectivity index (χ1n) is 12.7. The van der Waals surface area contributed by atoms with E-state index < -0.39 is 10.8 Å². The zero-order valence-electron chi connectivity index (χ0n) is 22.3. The number of carbonyl (C=O) groups is 1. The molecular weight excluding hydrogens is 476 g/mol. The third-order valence-corrected chi connectivity index (χ3v) is 6.89. The van der Waals surface area contributed by atoms with E-state index in [-0.39, 0.29) is 19.0 Å². The molecule has 0 aliphatic rings. The van der Waals surface area contributed by atoms with Crippen LogP contribution in [0.2, 0.25) is 0 Å². The zero-order chi connectivity index (χ0) is 27.3. The Morgan fingerprint density at radius 1 is 0.579 bits per heavy atom. The fraction of sp³-hybridized carbons (Fsp3) is 0.242. The van der Waals surface area contributed by atoms with Crippen molar-refractivity contribution < 1.29 is 24.5 Å². The number of hydrogen-bond donors (Lipinski definition) is 2. The number of carbonyl (C=O) groups excluding carboxylic acids is 1. The van der Waals surface area contributed by atoms with E-state index in [1.807, 2.05) is 113 Å². The molecule has 5 nitrogen and oxygen atoms in total. The van der Waals surface area contributed by atoms with Crippen LogP contribution in [0.1, 0.15) is 49.9 Å². The standard InChI is InChI=1S/C33H34O5/c1-32(2,29-23(21-34)13-11-19-27(29)37-25-15-7-5-8-16-25)31(36)33(3,4)30-24(22-35)14-12-20-28(30)38-26-17-9-6-10-18-26/h5-20,34-35H,21-22H2,1-4H3. The summed E-state index contributed by atoms with van der Waals surface area (Å²) in [6, 6.07) is 29.6. The minimum atomic E-state index is -1.07. The van der Waals surface area contributed by atoms with Crippen LogP contribution in [0.5, 0.6) is 23.0 Å². The van der Waals surface area contributed by atoms with Gasteiger partial charge in [0, 0.05) is 11.1 Å². The van der Waals surface area contributed by atoms with E-state index in [1.165, 1.54) is 0 Å². The van der Waals surface area contributed by atoms with Crippen molar-refractivity contribution in [2.45, 2.75) is 51.7 Å². The summed E-state index contributed by atoms with van der Waals surface area (Å²) in [5.74, 6) is 2.18. The molecule has 38 heavy (non-hydrogen) atoms. The summed E-state index contributed by atoms with van der Waals surface area (Å²) < 4.78 is 12.5. The van der Waals surface area contributed by atoms with Crippen molar-refractivity contribution in [3.8, 4) is 23.0 Å². The van der Waals surface area contributed by atoms with Gasteiger partial charge in [0.25, 0.3) is 0 Å². The van der Waals surface area contributed by atoms with Gasteiger partial charge in [-0.2, -0.15) is 0 Å². The number of Topliss-reactive ketones (excluding diaryl/α,β-unsaturated/α-hetero) is 1. The van der Waals surface area contributed by atoms with E-state index in [0.29, 0.717) is 45.3 Å². The van der Waals surface area contributed by atoms with Crippen LogP contribution in [0.25, 0.3) is 0 Å². The summed E-state index contributed by atoms with van der Waals surface area (Å²) in [5.41, 5.74) is 0.333. The number of ether oxygens (including phenoxy) is 2. The molecular formula is C33H34O5. The second-order valence-corrected chi connectivity index (χ2v) is 10.3. The quantitative estimate of drug-likeness (QED) is 0.238. The minimum absolute atomic E-state index is 0.109. The largest absolute Gasteiger partial charge is 0.457 e. The average Bonchev–Trinajstić information content (AvgIpc) is 2.93. The van der Waals surface area contributed by atoms with Gasteiger partial charge in [0.1, 0.15) is 23.0 Å². The first-order valence-corrected chi connectivity index (χ1v) is 12.7. The Hall–Kier alpha value is -3.93. The van der Waals surface area contributed by atoms with E-state index >= 15 is 0 Å². The summed E-state index contributed by atoms with van der Waals surface area (Å²) >= 11 is 0. The second kappa shape index (κ2) is 11.2. The zero-order valence-corrected chi connectivity index (χ0v) is 22.3. The molecule has 0 bridgehead atoms. The summed E-state index contributed by atoms with van der Waals surface area (Å²) in [6.45, 7) is 6.92. The van der Waals surface area contributed by atoms with Crippen molar-refractivity contribution >= 4 is 5.78 Å². The fourth-order valence-corrected chi connectivity index (χ4v) is 5.24. The lowest BCUT2D eigenvalue weighted by atomic mass is 9.65. The average molecular weight is 511 g/mol. The van der Waals surface area contributed by atoms with Gasteiger partial charge in [0.05, 0.1) is 24.0 Å². The minimum Gasteiger partial charge on any atom is -0.457 e. The van der Waals surface area contributed by atoms with Crippen molar-refractivity contribution in [3.05, 3.63) is 119 Å². The van der Waals surface area contributed by atoms with Gasteiger partial charge in [-0.1, -0.05) is 60.7 Å². The summed E-state index contributed by atoms with van der Waals surface area (Å²) in [7, 11) is 0. The first-order chi connectivity index (χ1) is 18.2. The molecule has 0 aromatic heterocycles. The van der Waals surface area contributed by atoms with E-state index in [2.05, 4.69) is 0 Å². The summed E-state index contributed by atoms with van der Waals surface area (Å²) in [5, 5.41) is 20.5. The third-order valence-electron chi connectivity index (χ3n) is 6.89. The van der Waals surface area contributed by atoms with Gasteiger partial charge < -0.3 is 19.7 Å². The molecule has 0 fully saturated rings. The van der Waals surface area contributed by atoms with E-state index in [0.717, 1.165) is 0 Å². The number of rotatable bonds is 10. The lowest BCUT2D eigenvalue weighted by molar-refractivity contribution is -0.128. The molecule has 0 saturated carbocycles. The molecule has 5 heteroatoms. The lowest BCUT2D eigenvalue weighted by Crippen LogP contribution is -2.44. The smallest absolute Gasteiger partial charge is 0.153 e. The van der Waals surface area contributed by atoms with Crippen LogP contribution in [0.15, 0.2) is 97.1 Å². The third kappa shape index (κ3) is 5.35. The Morgan fingerprint density at radius 3 is 1.29 bits per heavy atom. The van der Waals surface area contributed by atoms with Gasteiger partial charge >= 0.3 is 0 Å². The maximum atomic E-state index is 14.6. The first kappa shape index (κ1) is 27.1. The highest BCUT2D eigenvalue weighted by atomic mass is 16.5. The predicted octanol–water partition coefficient (Wildman–Crippen LogP) is 7.08. The van der Waals surface area contributed by atoms with Crippen LogP contribution >= 0.6 is 0 Å². The van der Waals surface area contributed by atoms with Crippen LogP contribution in [-0.2, 0) is 28.8 Å². The molecule has 0 unspecified atom stereocenters. The predicted molar refractivity (Wildman–Crippen MR) is 149 cm³/mol. The van der Waals surface area contributed by atoms with E-state index in [9.17, 15) is 15.0 Å². The van der Waals surface area contributed by atoms with Crippen molar-refractivity contribution in [1.29, 1.82) is 0 Å². The van der Waals surface area contributed by atoms with Crippen LogP contribution in [-0.4, -0.2) is 16.0 Å². The maximum Gasteiger partial charge on any atom is 0.153 e.